The summed E-state index contributed by atoms with van der Waals surface area (Å²) >= 11 is 1.48. The molecular weight excluding hydrogens is 464 g/mol. The van der Waals surface area contributed by atoms with Gasteiger partial charge in [-0.2, -0.15) is 0 Å². The van der Waals surface area contributed by atoms with E-state index in [1.807, 2.05) is 47.6 Å². The number of amides is 3. The van der Waals surface area contributed by atoms with Gasteiger partial charge in [0.15, 0.2) is 0 Å². The van der Waals surface area contributed by atoms with Crippen molar-refractivity contribution in [1.29, 1.82) is 0 Å². The van der Waals surface area contributed by atoms with E-state index in [-0.39, 0.29) is 17.4 Å². The molecule has 0 aliphatic carbocycles. The van der Waals surface area contributed by atoms with Gasteiger partial charge >= 0.3 is 12.0 Å². The highest BCUT2D eigenvalue weighted by Crippen LogP contribution is 2.40. The van der Waals surface area contributed by atoms with E-state index in [9.17, 15) is 14.4 Å². The number of hydrogen-bond acceptors (Lipinski definition) is 6. The minimum absolute atomic E-state index is 0.00554. The first kappa shape index (κ1) is 25.0. The van der Waals surface area contributed by atoms with E-state index in [4.69, 9.17) is 4.74 Å². The molecule has 9 heteroatoms. The Balaban J connectivity index is 1.34. The van der Waals surface area contributed by atoms with Crippen LogP contribution < -0.4 is 5.32 Å². The molecule has 0 saturated carbocycles. The number of urea groups is 1. The first-order chi connectivity index (χ1) is 16.9. The number of pyridine rings is 1. The smallest absolute Gasteiger partial charge is 0.328 e. The lowest BCUT2D eigenvalue weighted by Gasteiger charge is -2.39. The molecule has 2 aromatic rings. The van der Waals surface area contributed by atoms with Crippen molar-refractivity contribution in [2.45, 2.75) is 36.8 Å². The Labute approximate surface area is 210 Å². The number of piperidine rings is 1. The predicted molar refractivity (Wildman–Crippen MR) is 134 cm³/mol. The van der Waals surface area contributed by atoms with Crippen molar-refractivity contribution in [2.24, 2.45) is 5.41 Å². The van der Waals surface area contributed by atoms with Gasteiger partial charge in [-0.05, 0) is 48.6 Å². The van der Waals surface area contributed by atoms with Crippen LogP contribution >= 0.6 is 11.8 Å². The predicted octanol–water partition coefficient (Wildman–Crippen LogP) is 3.23. The fourth-order valence-electron chi connectivity index (χ4n) is 5.01. The number of rotatable bonds is 6. The zero-order valence-corrected chi connectivity index (χ0v) is 21.1. The first-order valence-electron chi connectivity index (χ1n) is 11.9. The van der Waals surface area contributed by atoms with Crippen molar-refractivity contribution in [3.63, 3.8) is 0 Å². The van der Waals surface area contributed by atoms with E-state index in [2.05, 4.69) is 10.3 Å². The van der Waals surface area contributed by atoms with E-state index < -0.39 is 12.0 Å². The number of carbonyl (C=O) groups is 3. The van der Waals surface area contributed by atoms with Gasteiger partial charge in [0.2, 0.25) is 0 Å². The Morgan fingerprint density at radius 2 is 1.74 bits per heavy atom. The molecule has 1 aromatic heterocycles. The van der Waals surface area contributed by atoms with Crippen molar-refractivity contribution in [3.05, 3.63) is 59.8 Å². The van der Waals surface area contributed by atoms with Crippen LogP contribution in [-0.2, 0) is 16.0 Å². The summed E-state index contributed by atoms with van der Waals surface area (Å²) < 4.78 is 4.93. The number of aromatic nitrogens is 1. The molecule has 2 aliphatic rings. The number of carbonyl (C=O) groups excluding carboxylic acids is 3. The van der Waals surface area contributed by atoms with Crippen molar-refractivity contribution >= 4 is 29.7 Å². The second-order valence-electron chi connectivity index (χ2n) is 9.24. The minimum Gasteiger partial charge on any atom is -0.467 e. The van der Waals surface area contributed by atoms with E-state index in [0.29, 0.717) is 38.2 Å². The summed E-state index contributed by atoms with van der Waals surface area (Å²) in [5.41, 5.74) is 1.61. The van der Waals surface area contributed by atoms with Gasteiger partial charge in [-0.25, -0.2) is 14.6 Å². The fraction of sp³-hybridized carbons (Fsp3) is 0.462. The molecule has 8 nitrogen and oxygen atoms in total. The number of benzene rings is 1. The summed E-state index contributed by atoms with van der Waals surface area (Å²) in [7, 11) is 1.33. The van der Waals surface area contributed by atoms with Gasteiger partial charge in [0.1, 0.15) is 11.1 Å². The van der Waals surface area contributed by atoms with Gasteiger partial charge in [0.25, 0.3) is 5.91 Å². The molecule has 0 radical (unpaired) electrons. The molecule has 3 amide bonds. The highest BCUT2D eigenvalue weighted by molar-refractivity contribution is 7.98. The Morgan fingerprint density at radius 3 is 2.40 bits per heavy atom. The molecule has 1 spiro atoms. The minimum atomic E-state index is -0.740. The molecule has 35 heavy (non-hydrogen) atoms. The molecule has 3 heterocycles. The lowest BCUT2D eigenvalue weighted by Crippen LogP contribution is -2.50. The highest BCUT2D eigenvalue weighted by Gasteiger charge is 2.43. The lowest BCUT2D eigenvalue weighted by atomic mass is 9.77. The molecule has 2 fully saturated rings. The van der Waals surface area contributed by atoms with Crippen molar-refractivity contribution in [3.8, 4) is 0 Å². The first-order valence-corrected chi connectivity index (χ1v) is 13.1. The summed E-state index contributed by atoms with van der Waals surface area (Å²) in [6.07, 6.45) is 6.60. The van der Waals surface area contributed by atoms with Gasteiger partial charge in [-0.1, -0.05) is 30.3 Å². The number of hydrogen-bond donors (Lipinski definition) is 1. The SMILES string of the molecule is COC(=O)C(Cc1ccccc1)NC(=O)N1CCC2(CCN(C(=O)c3cccnc3SC)CC2)C1. The normalized spacial score (nSPS) is 17.8. The van der Waals surface area contributed by atoms with Crippen LogP contribution in [0.15, 0.2) is 53.7 Å². The number of thioether (sulfide) groups is 1. The maximum atomic E-state index is 13.1. The molecule has 1 N–H and O–H groups in total. The lowest BCUT2D eigenvalue weighted by molar-refractivity contribution is -0.142. The maximum absolute atomic E-state index is 13.1. The Kier molecular flexibility index (Phi) is 7.95. The molecular formula is C26H32N4O4S. The third-order valence-electron chi connectivity index (χ3n) is 7.10. The van der Waals surface area contributed by atoms with Gasteiger partial charge in [0, 0.05) is 38.8 Å². The van der Waals surface area contributed by atoms with Crippen LogP contribution in [0.5, 0.6) is 0 Å². The zero-order chi connectivity index (χ0) is 24.8. The average molecular weight is 497 g/mol. The number of ether oxygens (including phenoxy) is 1. The Hall–Kier alpha value is -3.07. The van der Waals surface area contributed by atoms with Crippen LogP contribution in [0.3, 0.4) is 0 Å². The molecule has 1 aromatic carbocycles. The Bertz CT molecular complexity index is 1060. The third kappa shape index (κ3) is 5.78. The Morgan fingerprint density at radius 1 is 1.06 bits per heavy atom. The van der Waals surface area contributed by atoms with Crippen molar-refractivity contribution < 1.29 is 19.1 Å². The summed E-state index contributed by atoms with van der Waals surface area (Å²) in [5.74, 6) is -0.435. The van der Waals surface area contributed by atoms with Crippen LogP contribution in [0, 0.1) is 5.41 Å². The molecule has 4 rings (SSSR count). The molecule has 1 atom stereocenters. The molecule has 2 aliphatic heterocycles. The second-order valence-corrected chi connectivity index (χ2v) is 10.0. The number of likely N-dealkylation sites (tertiary alicyclic amines) is 2. The summed E-state index contributed by atoms with van der Waals surface area (Å²) in [6.45, 7) is 2.59. The van der Waals surface area contributed by atoms with Gasteiger partial charge < -0.3 is 19.9 Å². The van der Waals surface area contributed by atoms with Crippen LogP contribution in [0.25, 0.3) is 0 Å². The molecule has 186 valence electrons. The molecule has 2 saturated heterocycles. The highest BCUT2D eigenvalue weighted by atomic mass is 32.2. The van der Waals surface area contributed by atoms with E-state index >= 15 is 0 Å². The van der Waals surface area contributed by atoms with E-state index in [1.165, 1.54) is 18.9 Å². The molecule has 0 bridgehead atoms. The van der Waals surface area contributed by atoms with Gasteiger partial charge in [0.05, 0.1) is 12.7 Å². The van der Waals surface area contributed by atoms with Crippen LogP contribution in [0.4, 0.5) is 4.79 Å². The van der Waals surface area contributed by atoms with Gasteiger partial charge in [-0.15, -0.1) is 11.8 Å². The van der Waals surface area contributed by atoms with Crippen molar-refractivity contribution in [1.82, 2.24) is 20.1 Å². The molecule has 1 unspecified atom stereocenters. The summed E-state index contributed by atoms with van der Waals surface area (Å²) in [6, 6.07) is 12.2. The fourth-order valence-corrected chi connectivity index (χ4v) is 5.55. The number of nitrogens with zero attached hydrogens (tertiary/aromatic N) is 3. The monoisotopic (exact) mass is 496 g/mol. The van der Waals surface area contributed by atoms with Crippen LogP contribution in [0.2, 0.25) is 0 Å². The number of nitrogens with one attached hydrogen (secondary N) is 1. The number of methoxy groups -OCH3 is 1. The van der Waals surface area contributed by atoms with Crippen LogP contribution in [-0.4, -0.2) is 78.3 Å². The summed E-state index contributed by atoms with van der Waals surface area (Å²) in [5, 5.41) is 3.63. The van der Waals surface area contributed by atoms with E-state index in [0.717, 1.165) is 29.9 Å². The standard InChI is InChI=1S/C26H32N4O4S/c1-34-24(32)21(17-19-7-4-3-5-8-19)28-25(33)30-16-12-26(18-30)10-14-29(15-11-26)23(31)20-9-6-13-27-22(20)35-2/h3-9,13,21H,10-12,14-18H2,1-2H3,(H,28,33). The van der Waals surface area contributed by atoms with Crippen LogP contribution in [0.1, 0.15) is 35.2 Å². The number of esters is 1. The van der Waals surface area contributed by atoms with Gasteiger partial charge in [-0.3, -0.25) is 4.79 Å². The average Bonchev–Trinajstić information content (AvgIpc) is 3.32. The third-order valence-corrected chi connectivity index (χ3v) is 7.81. The summed E-state index contributed by atoms with van der Waals surface area (Å²) in [4.78, 5) is 46.5. The maximum Gasteiger partial charge on any atom is 0.328 e. The zero-order valence-electron chi connectivity index (χ0n) is 20.2. The van der Waals surface area contributed by atoms with E-state index in [1.54, 1.807) is 17.2 Å². The second kappa shape index (κ2) is 11.1. The topological polar surface area (TPSA) is 91.8 Å². The quantitative estimate of drug-likeness (QED) is 0.488. The largest absolute Gasteiger partial charge is 0.467 e. The van der Waals surface area contributed by atoms with Crippen molar-refractivity contribution in [2.75, 3.05) is 39.5 Å².